The maximum absolute atomic E-state index is 12.6. The van der Waals surface area contributed by atoms with Gasteiger partial charge in [-0.15, -0.1) is 0 Å². The number of nitrogens with zero attached hydrogens (tertiary/aromatic N) is 2. The summed E-state index contributed by atoms with van der Waals surface area (Å²) >= 11 is 0. The standard InChI is InChI=1S/C20H21N3O4/c1-13-7-8-16(20(21)25)12-22(13)17-10-9-15(11-18(17)23(26)27)19(24)14-5-3-2-4-6-14/h2-6,9-11,13,16H,7-8,12H2,1H3,(H2,21,25)/t13-,16+/m1/s1. The Kier molecular flexibility index (Phi) is 5.21. The van der Waals surface area contributed by atoms with E-state index in [2.05, 4.69) is 0 Å². The molecule has 7 heteroatoms. The number of nitro benzene ring substituents is 1. The lowest BCUT2D eigenvalue weighted by atomic mass is 9.92. The van der Waals surface area contributed by atoms with Crippen molar-refractivity contribution in [3.63, 3.8) is 0 Å². The highest BCUT2D eigenvalue weighted by Gasteiger charge is 2.32. The minimum Gasteiger partial charge on any atom is -0.369 e. The van der Waals surface area contributed by atoms with Crippen molar-refractivity contribution in [1.29, 1.82) is 0 Å². The van der Waals surface area contributed by atoms with E-state index in [9.17, 15) is 19.7 Å². The number of anilines is 1. The normalized spacial score (nSPS) is 19.5. The van der Waals surface area contributed by atoms with Gasteiger partial charge in [-0.05, 0) is 31.9 Å². The van der Waals surface area contributed by atoms with Gasteiger partial charge < -0.3 is 10.6 Å². The quantitative estimate of drug-likeness (QED) is 0.497. The van der Waals surface area contributed by atoms with Crippen LogP contribution in [-0.2, 0) is 4.79 Å². The highest BCUT2D eigenvalue weighted by molar-refractivity contribution is 6.09. The Hall–Kier alpha value is -3.22. The first-order chi connectivity index (χ1) is 12.9. The summed E-state index contributed by atoms with van der Waals surface area (Å²) in [4.78, 5) is 37.2. The molecular formula is C20H21N3O4. The molecule has 140 valence electrons. The first-order valence-corrected chi connectivity index (χ1v) is 8.82. The van der Waals surface area contributed by atoms with E-state index in [4.69, 9.17) is 5.73 Å². The average molecular weight is 367 g/mol. The van der Waals surface area contributed by atoms with Crippen LogP contribution in [0.1, 0.15) is 35.7 Å². The van der Waals surface area contributed by atoms with Crippen LogP contribution in [0.2, 0.25) is 0 Å². The lowest BCUT2D eigenvalue weighted by Gasteiger charge is -2.38. The van der Waals surface area contributed by atoms with E-state index in [1.807, 2.05) is 11.8 Å². The summed E-state index contributed by atoms with van der Waals surface area (Å²) in [6.45, 7) is 2.30. The number of hydrogen-bond donors (Lipinski definition) is 1. The van der Waals surface area contributed by atoms with Crippen molar-refractivity contribution < 1.29 is 14.5 Å². The summed E-state index contributed by atoms with van der Waals surface area (Å²) in [5.74, 6) is -1.01. The minimum absolute atomic E-state index is 0.0370. The molecule has 0 bridgehead atoms. The van der Waals surface area contributed by atoms with E-state index in [0.717, 1.165) is 6.42 Å². The Balaban J connectivity index is 1.98. The van der Waals surface area contributed by atoms with Crippen LogP contribution in [0.5, 0.6) is 0 Å². The molecule has 0 spiro atoms. The molecule has 2 atom stereocenters. The van der Waals surface area contributed by atoms with Gasteiger partial charge in [0.15, 0.2) is 5.78 Å². The number of carbonyl (C=O) groups is 2. The molecule has 1 amide bonds. The fourth-order valence-electron chi connectivity index (χ4n) is 3.48. The molecule has 0 unspecified atom stereocenters. The van der Waals surface area contributed by atoms with Crippen molar-refractivity contribution in [3.05, 3.63) is 69.8 Å². The van der Waals surface area contributed by atoms with Gasteiger partial charge >= 0.3 is 0 Å². The summed E-state index contributed by atoms with van der Waals surface area (Å²) in [5, 5.41) is 11.7. The minimum atomic E-state index is -0.488. The topological polar surface area (TPSA) is 107 Å². The number of benzene rings is 2. The Morgan fingerprint density at radius 1 is 1.11 bits per heavy atom. The number of amides is 1. The van der Waals surface area contributed by atoms with Crippen LogP contribution < -0.4 is 10.6 Å². The molecule has 1 saturated heterocycles. The number of hydrogen-bond acceptors (Lipinski definition) is 5. The van der Waals surface area contributed by atoms with Gasteiger partial charge in [0.05, 0.1) is 10.8 Å². The Morgan fingerprint density at radius 3 is 2.44 bits per heavy atom. The molecule has 1 aliphatic heterocycles. The summed E-state index contributed by atoms with van der Waals surface area (Å²) in [6, 6.07) is 13.2. The van der Waals surface area contributed by atoms with E-state index in [0.29, 0.717) is 24.2 Å². The third kappa shape index (κ3) is 3.81. The SMILES string of the molecule is C[C@@H]1CC[C@H](C(N)=O)CN1c1ccc(C(=O)c2ccccc2)cc1[N+](=O)[O-]. The number of nitro groups is 1. The summed E-state index contributed by atoms with van der Waals surface area (Å²) < 4.78 is 0. The Bertz CT molecular complexity index is 882. The predicted octanol–water partition coefficient (Wildman–Crippen LogP) is 2.92. The second-order valence-corrected chi connectivity index (χ2v) is 6.83. The molecule has 1 heterocycles. The van der Waals surface area contributed by atoms with Crippen LogP contribution in [0.4, 0.5) is 11.4 Å². The summed E-state index contributed by atoms with van der Waals surface area (Å²) in [5.41, 5.74) is 6.42. The molecule has 0 aromatic heterocycles. The zero-order valence-corrected chi connectivity index (χ0v) is 15.0. The second kappa shape index (κ2) is 7.57. The van der Waals surface area contributed by atoms with Crippen molar-refractivity contribution in [2.24, 2.45) is 11.7 Å². The molecule has 2 aromatic carbocycles. The second-order valence-electron chi connectivity index (χ2n) is 6.83. The van der Waals surface area contributed by atoms with Gasteiger partial charge in [-0.2, -0.15) is 0 Å². The van der Waals surface area contributed by atoms with Crippen molar-refractivity contribution >= 4 is 23.1 Å². The Morgan fingerprint density at radius 2 is 1.81 bits per heavy atom. The van der Waals surface area contributed by atoms with Crippen molar-refractivity contribution in [3.8, 4) is 0 Å². The fourth-order valence-corrected chi connectivity index (χ4v) is 3.48. The van der Waals surface area contributed by atoms with Crippen LogP contribution in [0, 0.1) is 16.0 Å². The van der Waals surface area contributed by atoms with Crippen LogP contribution in [0.3, 0.4) is 0 Å². The number of rotatable bonds is 5. The average Bonchev–Trinajstić information content (AvgIpc) is 2.68. The van der Waals surface area contributed by atoms with Crippen LogP contribution in [-0.4, -0.2) is 29.2 Å². The summed E-state index contributed by atoms with van der Waals surface area (Å²) in [6.07, 6.45) is 1.39. The van der Waals surface area contributed by atoms with Gasteiger partial charge in [0.25, 0.3) is 5.69 Å². The molecule has 7 nitrogen and oxygen atoms in total. The van der Waals surface area contributed by atoms with Crippen molar-refractivity contribution in [1.82, 2.24) is 0 Å². The van der Waals surface area contributed by atoms with Crippen LogP contribution in [0.25, 0.3) is 0 Å². The zero-order chi connectivity index (χ0) is 19.6. The van der Waals surface area contributed by atoms with Gasteiger partial charge in [-0.25, -0.2) is 0 Å². The lowest BCUT2D eigenvalue weighted by Crippen LogP contribution is -2.46. The van der Waals surface area contributed by atoms with Crippen LogP contribution >= 0.6 is 0 Å². The molecule has 2 aromatic rings. The van der Waals surface area contributed by atoms with Gasteiger partial charge in [-0.3, -0.25) is 19.7 Å². The van der Waals surface area contributed by atoms with Gasteiger partial charge in [0, 0.05) is 29.8 Å². The maximum atomic E-state index is 12.6. The van der Waals surface area contributed by atoms with Crippen molar-refractivity contribution in [2.45, 2.75) is 25.8 Å². The third-order valence-corrected chi connectivity index (χ3v) is 5.06. The molecule has 0 radical (unpaired) electrons. The van der Waals surface area contributed by atoms with E-state index in [1.54, 1.807) is 42.5 Å². The molecule has 0 saturated carbocycles. The molecule has 0 aliphatic carbocycles. The number of primary amides is 1. The summed E-state index contributed by atoms with van der Waals surface area (Å²) in [7, 11) is 0. The van der Waals surface area contributed by atoms with E-state index in [1.165, 1.54) is 6.07 Å². The number of ketones is 1. The number of nitrogens with two attached hydrogens (primary N) is 1. The molecule has 1 aliphatic rings. The first kappa shape index (κ1) is 18.6. The third-order valence-electron chi connectivity index (χ3n) is 5.06. The van der Waals surface area contributed by atoms with Gasteiger partial charge in [-0.1, -0.05) is 30.3 Å². The highest BCUT2D eigenvalue weighted by atomic mass is 16.6. The molecule has 3 rings (SSSR count). The highest BCUT2D eigenvalue weighted by Crippen LogP contribution is 2.35. The van der Waals surface area contributed by atoms with E-state index in [-0.39, 0.29) is 29.0 Å². The lowest BCUT2D eigenvalue weighted by molar-refractivity contribution is -0.384. The fraction of sp³-hybridized carbons (Fsp3) is 0.300. The van der Waals surface area contributed by atoms with E-state index >= 15 is 0 Å². The molecule has 2 N–H and O–H groups in total. The largest absolute Gasteiger partial charge is 0.369 e. The first-order valence-electron chi connectivity index (χ1n) is 8.82. The molecule has 27 heavy (non-hydrogen) atoms. The van der Waals surface area contributed by atoms with Gasteiger partial charge in [0.2, 0.25) is 5.91 Å². The van der Waals surface area contributed by atoms with Crippen molar-refractivity contribution in [2.75, 3.05) is 11.4 Å². The maximum Gasteiger partial charge on any atom is 0.293 e. The Labute approximate surface area is 156 Å². The molecular weight excluding hydrogens is 346 g/mol. The van der Waals surface area contributed by atoms with Crippen LogP contribution in [0.15, 0.2) is 48.5 Å². The number of carbonyl (C=O) groups excluding carboxylic acids is 2. The predicted molar refractivity (Wildman–Crippen MR) is 102 cm³/mol. The number of piperidine rings is 1. The molecule has 1 fully saturated rings. The monoisotopic (exact) mass is 367 g/mol. The van der Waals surface area contributed by atoms with E-state index < -0.39 is 10.8 Å². The van der Waals surface area contributed by atoms with Gasteiger partial charge in [0.1, 0.15) is 5.69 Å². The smallest absolute Gasteiger partial charge is 0.293 e. The zero-order valence-electron chi connectivity index (χ0n) is 15.0.